The Kier molecular flexibility index (Phi) is 3.16. The van der Waals surface area contributed by atoms with Gasteiger partial charge in [-0.25, -0.2) is 8.78 Å². The van der Waals surface area contributed by atoms with Crippen LogP contribution in [0, 0.1) is 0 Å². The van der Waals surface area contributed by atoms with Gasteiger partial charge in [-0.1, -0.05) is 0 Å². The number of allylic oxidation sites excluding steroid dienone is 3. The molecule has 0 N–H and O–H groups in total. The van der Waals surface area contributed by atoms with Crippen molar-refractivity contribution in [2.24, 2.45) is 0 Å². The molecule has 0 saturated heterocycles. The van der Waals surface area contributed by atoms with Crippen molar-refractivity contribution < 1.29 is 26.3 Å². The summed E-state index contributed by atoms with van der Waals surface area (Å²) in [4.78, 5) is 0. The predicted molar refractivity (Wildman–Crippen MR) is 25.5 cm³/mol. The highest BCUT2D eigenvalue weighted by Crippen LogP contribution is 2.29. The molecule has 0 saturated carbocycles. The van der Waals surface area contributed by atoms with Crippen LogP contribution >= 0.6 is 0 Å². The van der Waals surface area contributed by atoms with Crippen molar-refractivity contribution in [3.05, 3.63) is 24.1 Å². The van der Waals surface area contributed by atoms with E-state index in [9.17, 15) is 26.3 Å². The molecule has 0 aromatic carbocycles. The lowest BCUT2D eigenvalue weighted by Gasteiger charge is -2.01. The number of hydrogen-bond donors (Lipinski definition) is 0. The second kappa shape index (κ2) is 3.45. The number of hydrogen-bond acceptors (Lipinski definition) is 0. The second-order valence-corrected chi connectivity index (χ2v) is 1.45. The lowest BCUT2D eigenvalue weighted by molar-refractivity contribution is -0.110. The van der Waals surface area contributed by atoms with E-state index in [4.69, 9.17) is 0 Å². The van der Waals surface area contributed by atoms with Crippen molar-refractivity contribution in [1.82, 2.24) is 0 Å². The average molecular weight is 176 g/mol. The van der Waals surface area contributed by atoms with Crippen LogP contribution in [0.2, 0.25) is 0 Å². The van der Waals surface area contributed by atoms with Gasteiger partial charge < -0.3 is 0 Å². The van der Waals surface area contributed by atoms with Crippen LogP contribution in [0.4, 0.5) is 26.3 Å². The van der Waals surface area contributed by atoms with Crippen LogP contribution in [-0.2, 0) is 0 Å². The molecule has 0 amide bonds. The minimum absolute atomic E-state index is 0.261. The van der Waals surface area contributed by atoms with Crippen LogP contribution in [0.25, 0.3) is 0 Å². The first-order valence-corrected chi connectivity index (χ1v) is 2.29. The van der Waals surface area contributed by atoms with Gasteiger partial charge in [0.15, 0.2) is 5.83 Å². The van der Waals surface area contributed by atoms with E-state index >= 15 is 0 Å². The van der Waals surface area contributed by atoms with Gasteiger partial charge in [0.25, 0.3) is 0 Å². The minimum Gasteiger partial charge on any atom is -0.215 e. The third kappa shape index (κ3) is 3.10. The Bertz CT molecular complexity index is 186. The van der Waals surface area contributed by atoms with Gasteiger partial charge >= 0.3 is 6.18 Å². The van der Waals surface area contributed by atoms with Gasteiger partial charge in [0.2, 0.25) is 5.83 Å². The topological polar surface area (TPSA) is 0 Å². The maximum atomic E-state index is 11.8. The zero-order valence-corrected chi connectivity index (χ0v) is 4.92. The van der Waals surface area contributed by atoms with Crippen LogP contribution in [0.3, 0.4) is 0 Å². The maximum absolute atomic E-state index is 11.8. The van der Waals surface area contributed by atoms with Gasteiger partial charge in [-0.2, -0.15) is 17.6 Å². The van der Waals surface area contributed by atoms with E-state index in [1.165, 1.54) is 0 Å². The van der Waals surface area contributed by atoms with Crippen molar-refractivity contribution >= 4 is 0 Å². The van der Waals surface area contributed by atoms with Crippen molar-refractivity contribution in [2.45, 2.75) is 6.18 Å². The summed E-state index contributed by atoms with van der Waals surface area (Å²) >= 11 is 0. The third-order valence-corrected chi connectivity index (χ3v) is 0.668. The van der Waals surface area contributed by atoms with Crippen LogP contribution < -0.4 is 0 Å². The van der Waals surface area contributed by atoms with Crippen LogP contribution in [0.5, 0.6) is 0 Å². The van der Waals surface area contributed by atoms with E-state index < -0.39 is 24.2 Å². The van der Waals surface area contributed by atoms with Crippen molar-refractivity contribution in [3.8, 4) is 0 Å². The lowest BCUT2D eigenvalue weighted by atomic mass is 10.4. The van der Waals surface area contributed by atoms with Crippen LogP contribution in [-0.4, -0.2) is 6.18 Å². The quantitative estimate of drug-likeness (QED) is 0.425. The lowest BCUT2D eigenvalue weighted by Crippen LogP contribution is -2.08. The Labute approximate surface area is 57.8 Å². The molecule has 0 aromatic heterocycles. The Morgan fingerprint density at radius 1 is 1.09 bits per heavy atom. The number of alkyl halides is 3. The zero-order chi connectivity index (χ0) is 9.07. The van der Waals surface area contributed by atoms with Gasteiger partial charge in [0, 0.05) is 6.08 Å². The number of halogens is 6. The Balaban J connectivity index is 4.67. The smallest absolute Gasteiger partial charge is 0.215 e. The molecule has 0 radical (unpaired) electrons. The highest BCUT2D eigenvalue weighted by Gasteiger charge is 2.37. The first-order valence-electron chi connectivity index (χ1n) is 2.29. The van der Waals surface area contributed by atoms with Crippen molar-refractivity contribution in [3.63, 3.8) is 0 Å². The molecule has 0 aromatic rings. The molecular weight excluding hydrogens is 174 g/mol. The Morgan fingerprint density at radius 2 is 1.55 bits per heavy atom. The van der Waals surface area contributed by atoms with Gasteiger partial charge in [-0.05, 0) is 0 Å². The van der Waals surface area contributed by atoms with Gasteiger partial charge in [0.05, 0.1) is 6.33 Å². The summed E-state index contributed by atoms with van der Waals surface area (Å²) in [7, 11) is 0. The molecule has 0 unspecified atom stereocenters. The first kappa shape index (κ1) is 10.1. The Hall–Kier alpha value is -0.940. The largest absolute Gasteiger partial charge is 0.445 e. The van der Waals surface area contributed by atoms with Gasteiger partial charge in [0.1, 0.15) is 0 Å². The van der Waals surface area contributed by atoms with E-state index in [-0.39, 0.29) is 6.08 Å². The summed E-state index contributed by atoms with van der Waals surface area (Å²) < 4.78 is 68.0. The van der Waals surface area contributed by atoms with Gasteiger partial charge in [-0.3, -0.25) is 0 Å². The van der Waals surface area contributed by atoms with E-state index in [0.29, 0.717) is 0 Å². The summed E-state index contributed by atoms with van der Waals surface area (Å²) in [5.74, 6) is -5.22. The Morgan fingerprint density at radius 3 is 1.82 bits per heavy atom. The summed E-state index contributed by atoms with van der Waals surface area (Å²) in [5, 5.41) is 0. The standard InChI is InChI=1S/C5H2F6/c6-2-1-3(7)4(8)5(9,10)11/h1-2H/b2-1+,4-3+. The van der Waals surface area contributed by atoms with E-state index in [0.717, 1.165) is 0 Å². The van der Waals surface area contributed by atoms with E-state index in [1.54, 1.807) is 0 Å². The summed E-state index contributed by atoms with van der Waals surface area (Å²) in [6, 6.07) is 0. The maximum Gasteiger partial charge on any atom is 0.445 e. The normalized spacial score (nSPS) is 15.5. The molecule has 64 valence electrons. The molecule has 0 aliphatic rings. The van der Waals surface area contributed by atoms with Crippen LogP contribution in [0.15, 0.2) is 24.1 Å². The molecular formula is C5H2F6. The fraction of sp³-hybridized carbons (Fsp3) is 0.200. The summed E-state index contributed by atoms with van der Waals surface area (Å²) in [6.07, 6.45) is -6.19. The molecule has 0 atom stereocenters. The molecule has 0 fully saturated rings. The molecule has 0 spiro atoms. The SMILES string of the molecule is F/C=C/C(F)=C(\F)C(F)(F)F. The average Bonchev–Trinajstić information content (AvgIpc) is 1.85. The highest BCUT2D eigenvalue weighted by molar-refractivity contribution is 5.16. The molecule has 6 heteroatoms. The van der Waals surface area contributed by atoms with Crippen molar-refractivity contribution in [1.29, 1.82) is 0 Å². The number of rotatable bonds is 1. The molecule has 0 rings (SSSR count). The summed E-state index contributed by atoms with van der Waals surface area (Å²) in [5.41, 5.74) is 0. The summed E-state index contributed by atoms with van der Waals surface area (Å²) in [6.45, 7) is 0. The molecule has 0 nitrogen and oxygen atoms in total. The first-order chi connectivity index (χ1) is 4.89. The van der Waals surface area contributed by atoms with Crippen molar-refractivity contribution in [2.75, 3.05) is 0 Å². The molecule has 0 bridgehead atoms. The molecule has 0 aliphatic heterocycles. The highest BCUT2D eigenvalue weighted by atomic mass is 19.4. The van der Waals surface area contributed by atoms with E-state index in [2.05, 4.69) is 0 Å². The second-order valence-electron chi connectivity index (χ2n) is 1.45. The van der Waals surface area contributed by atoms with E-state index in [1.807, 2.05) is 0 Å². The van der Waals surface area contributed by atoms with Crippen LogP contribution in [0.1, 0.15) is 0 Å². The molecule has 11 heavy (non-hydrogen) atoms. The monoisotopic (exact) mass is 176 g/mol. The third-order valence-electron chi connectivity index (χ3n) is 0.668. The fourth-order valence-corrected chi connectivity index (χ4v) is 0.264. The fourth-order valence-electron chi connectivity index (χ4n) is 0.264. The minimum atomic E-state index is -5.40. The molecule has 0 heterocycles. The van der Waals surface area contributed by atoms with Gasteiger partial charge in [-0.15, -0.1) is 0 Å². The molecule has 0 aliphatic carbocycles. The predicted octanol–water partition coefficient (Wildman–Crippen LogP) is 3.18. The zero-order valence-electron chi connectivity index (χ0n) is 4.92.